The molecule has 60 heavy (non-hydrogen) atoms. The maximum atomic E-state index is 2.72. The first kappa shape index (κ1) is 67.7. The van der Waals surface area contributed by atoms with Crippen LogP contribution in [0.1, 0.15) is 122 Å². The van der Waals surface area contributed by atoms with Gasteiger partial charge in [-0.1, -0.05) is 233 Å². The molecule has 0 amide bonds. The SMILES string of the molecule is CCCC1CC([Si](C)(C)[C-](C)C2C(C)C(C)C(C)C2C)C2C=CC=CC12.CCCC1CC([Si](C)(C)[C-](C)C2C(C)C(C)C(C)C2C)C2C=CC=CC12.[CH3-].[CH3-].[CH3-].[CH3-].[CH3-].[CH3-].[Zr+4].[Zr+4]. The molecule has 0 nitrogen and oxygen atoms in total. The van der Waals surface area contributed by atoms with Gasteiger partial charge in [-0.05, 0) is 59.2 Å². The molecule has 0 heterocycles. The van der Waals surface area contributed by atoms with Crippen molar-refractivity contribution >= 4 is 16.1 Å². The summed E-state index contributed by atoms with van der Waals surface area (Å²) in [6, 6.07) is 0. The zero-order chi connectivity index (χ0) is 38.4. The fourth-order valence-electron chi connectivity index (χ4n) is 14.4. The van der Waals surface area contributed by atoms with Crippen molar-refractivity contribution in [3.05, 3.63) is 104 Å². The Bertz CT molecular complexity index is 1170. The first-order chi connectivity index (χ1) is 24.4. The van der Waals surface area contributed by atoms with E-state index in [-0.39, 0.29) is 97.0 Å². The van der Waals surface area contributed by atoms with E-state index in [0.717, 1.165) is 106 Å². The molecular weight excluding hydrogens is 911 g/mol. The van der Waals surface area contributed by atoms with Gasteiger partial charge in [-0.25, -0.2) is 0 Å². The van der Waals surface area contributed by atoms with E-state index in [4.69, 9.17) is 0 Å². The molecule has 4 heteroatoms. The summed E-state index contributed by atoms with van der Waals surface area (Å²) in [6.45, 7) is 41.0. The Kier molecular flexibility index (Phi) is 31.3. The van der Waals surface area contributed by atoms with E-state index in [9.17, 15) is 0 Å². The summed E-state index contributed by atoms with van der Waals surface area (Å²) < 4.78 is 0. The van der Waals surface area contributed by atoms with Crippen LogP contribution in [-0.4, -0.2) is 16.1 Å². The summed E-state index contributed by atoms with van der Waals surface area (Å²) in [4.78, 5) is 0. The molecular formula is C56H104Si2Zr2. The van der Waals surface area contributed by atoms with Crippen molar-refractivity contribution in [2.24, 2.45) is 94.7 Å². The van der Waals surface area contributed by atoms with Crippen molar-refractivity contribution < 1.29 is 52.4 Å². The van der Waals surface area contributed by atoms with E-state index in [1.807, 2.05) is 11.1 Å². The van der Waals surface area contributed by atoms with Gasteiger partial charge in [0.25, 0.3) is 0 Å². The van der Waals surface area contributed by atoms with E-state index < -0.39 is 16.1 Å². The summed E-state index contributed by atoms with van der Waals surface area (Å²) >= 11 is 0. The largest absolute Gasteiger partial charge is 4.00 e. The number of fused-ring (bicyclic) bond motifs is 2. The molecule has 0 radical (unpaired) electrons. The van der Waals surface area contributed by atoms with Gasteiger partial charge in [0, 0.05) is 0 Å². The van der Waals surface area contributed by atoms with Gasteiger partial charge in [0.05, 0.1) is 0 Å². The quantitative estimate of drug-likeness (QED) is 0.151. The summed E-state index contributed by atoms with van der Waals surface area (Å²) in [7, 11) is -2.86. The molecule has 6 aliphatic rings. The Morgan fingerprint density at radius 3 is 0.883 bits per heavy atom. The second-order valence-corrected chi connectivity index (χ2v) is 31.3. The molecule has 0 spiro atoms. The summed E-state index contributed by atoms with van der Waals surface area (Å²) in [5.74, 6) is 13.7. The van der Waals surface area contributed by atoms with Gasteiger partial charge in [0.1, 0.15) is 0 Å². The average molecular weight is 1020 g/mol. The molecule has 0 bridgehead atoms. The number of hydrogen-bond donors (Lipinski definition) is 0. The summed E-state index contributed by atoms with van der Waals surface area (Å²) in [5.41, 5.74) is 5.77. The minimum Gasteiger partial charge on any atom is -0.358 e. The topological polar surface area (TPSA) is 0 Å². The van der Waals surface area contributed by atoms with E-state index in [1.54, 1.807) is 0 Å². The molecule has 0 aromatic heterocycles. The molecule has 4 fully saturated rings. The fraction of sp³-hybridized carbons (Fsp3) is 0.714. The molecule has 6 aliphatic carbocycles. The second-order valence-electron chi connectivity index (χ2n) is 21.4. The van der Waals surface area contributed by atoms with Crippen molar-refractivity contribution in [3.8, 4) is 0 Å². The Morgan fingerprint density at radius 2 is 0.650 bits per heavy atom. The van der Waals surface area contributed by atoms with Crippen molar-refractivity contribution in [1.82, 2.24) is 0 Å². The Balaban J connectivity index is -0.000000461. The van der Waals surface area contributed by atoms with E-state index in [0.29, 0.717) is 0 Å². The predicted molar refractivity (Wildman–Crippen MR) is 276 cm³/mol. The summed E-state index contributed by atoms with van der Waals surface area (Å²) in [5, 5.41) is 0. The minimum absolute atomic E-state index is 0. The van der Waals surface area contributed by atoms with Crippen molar-refractivity contribution in [2.45, 2.75) is 159 Å². The molecule has 0 N–H and O–H groups in total. The van der Waals surface area contributed by atoms with Crippen LogP contribution < -0.4 is 0 Å². The number of rotatable bonds is 10. The average Bonchev–Trinajstić information content (AvgIpc) is 3.79. The number of hydrogen-bond acceptors (Lipinski definition) is 0. The second kappa shape index (κ2) is 27.7. The van der Waals surface area contributed by atoms with E-state index >= 15 is 0 Å². The van der Waals surface area contributed by atoms with Gasteiger partial charge in [-0.3, -0.25) is 0 Å². The number of allylic oxidation sites excluding steroid dienone is 8. The van der Waals surface area contributed by atoms with Crippen LogP contribution in [0.25, 0.3) is 0 Å². The van der Waals surface area contributed by atoms with Crippen LogP contribution in [0.4, 0.5) is 0 Å². The molecule has 6 rings (SSSR count). The van der Waals surface area contributed by atoms with Crippen LogP contribution in [0.15, 0.2) is 48.6 Å². The third-order valence-corrected chi connectivity index (χ3v) is 28.7. The van der Waals surface area contributed by atoms with Crippen molar-refractivity contribution in [2.75, 3.05) is 0 Å². The van der Waals surface area contributed by atoms with Gasteiger partial charge in [0.15, 0.2) is 0 Å². The molecule has 0 aromatic rings. The maximum Gasteiger partial charge on any atom is 4.00 e. The fourth-order valence-corrected chi connectivity index (χ4v) is 22.7. The Hall–Kier alpha value is 1.16. The predicted octanol–water partition coefficient (Wildman–Crippen LogP) is 17.8. The van der Waals surface area contributed by atoms with Gasteiger partial charge in [-0.2, -0.15) is 25.7 Å². The van der Waals surface area contributed by atoms with Crippen LogP contribution in [0.5, 0.6) is 0 Å². The Morgan fingerprint density at radius 1 is 0.417 bits per heavy atom. The third kappa shape index (κ3) is 12.8. The van der Waals surface area contributed by atoms with Crippen molar-refractivity contribution in [1.29, 1.82) is 0 Å². The van der Waals surface area contributed by atoms with Crippen LogP contribution in [0, 0.1) is 150 Å². The minimum atomic E-state index is -1.43. The molecule has 344 valence electrons. The molecule has 16 unspecified atom stereocenters. The van der Waals surface area contributed by atoms with Gasteiger partial charge in [0.2, 0.25) is 0 Å². The van der Waals surface area contributed by atoms with E-state index in [2.05, 4.69) is 158 Å². The van der Waals surface area contributed by atoms with Gasteiger partial charge < -0.3 is 55.6 Å². The van der Waals surface area contributed by atoms with Crippen LogP contribution in [-0.2, 0) is 52.4 Å². The zero-order valence-electron chi connectivity index (χ0n) is 44.3. The Labute approximate surface area is 422 Å². The molecule has 4 saturated carbocycles. The normalized spacial score (nSPS) is 39.4. The van der Waals surface area contributed by atoms with E-state index in [1.165, 1.54) is 38.5 Å². The van der Waals surface area contributed by atoms with Gasteiger partial charge in [-0.15, -0.1) is 0 Å². The first-order valence-corrected chi connectivity index (χ1v) is 29.0. The first-order valence-electron chi connectivity index (χ1n) is 22.8. The molecule has 0 aliphatic heterocycles. The zero-order valence-corrected chi connectivity index (χ0v) is 51.2. The molecule has 16 atom stereocenters. The van der Waals surface area contributed by atoms with Crippen molar-refractivity contribution in [3.63, 3.8) is 0 Å². The standard InChI is InChI=1S/2C25H43Si.6CH3.2Zr/c2*1-9-12-21-15-24(23-14-11-10-13-22(21)23)26(7,8)20(6)25-18(4)16(2)17(3)19(25)5;;;;;;;;/h2*10-11,13-14,16-19,21-25H,9,12,15H2,1-8H3;6*1H3;;/q8*-1;2*+4. The molecule has 0 saturated heterocycles. The third-order valence-electron chi connectivity index (χ3n) is 19.0. The van der Waals surface area contributed by atoms with Crippen LogP contribution in [0.3, 0.4) is 0 Å². The smallest absolute Gasteiger partial charge is 0.358 e. The van der Waals surface area contributed by atoms with Crippen LogP contribution >= 0.6 is 0 Å². The monoisotopic (exact) mass is 1010 g/mol. The maximum absolute atomic E-state index is 2.72. The molecule has 0 aromatic carbocycles. The summed E-state index contributed by atoms with van der Waals surface area (Å²) in [6.07, 6.45) is 28.1. The van der Waals surface area contributed by atoms with Crippen LogP contribution in [0.2, 0.25) is 37.3 Å². The van der Waals surface area contributed by atoms with Gasteiger partial charge >= 0.3 is 52.4 Å².